The maximum atomic E-state index is 10.4. The molecule has 3 heteroatoms. The Bertz CT molecular complexity index is 109. The molecule has 1 amide bonds. The summed E-state index contributed by atoms with van der Waals surface area (Å²) in [5, 5.41) is 0. The van der Waals surface area contributed by atoms with E-state index in [4.69, 9.17) is 5.73 Å². The van der Waals surface area contributed by atoms with Crippen molar-refractivity contribution in [3.63, 3.8) is 0 Å². The van der Waals surface area contributed by atoms with Crippen LogP contribution in [0.3, 0.4) is 0 Å². The van der Waals surface area contributed by atoms with E-state index in [1.807, 2.05) is 0 Å². The average molecular weight is 114 g/mol. The van der Waals surface area contributed by atoms with Crippen LogP contribution in [0.4, 0.5) is 0 Å². The number of rotatable bonds is 1. The van der Waals surface area contributed by atoms with Crippen molar-refractivity contribution in [2.75, 3.05) is 7.05 Å². The molecule has 0 unspecified atom stereocenters. The van der Waals surface area contributed by atoms with Crippen molar-refractivity contribution >= 4 is 5.91 Å². The highest BCUT2D eigenvalue weighted by Crippen LogP contribution is 1.80. The molecule has 0 aromatic heterocycles. The highest BCUT2D eigenvalue weighted by Gasteiger charge is 1.92. The number of nitrogens with two attached hydrogens (primary N) is 1. The molecule has 0 aliphatic rings. The molecule has 8 heavy (non-hydrogen) atoms. The Balaban J connectivity index is 3.64. The monoisotopic (exact) mass is 114 g/mol. The molecule has 2 N–H and O–H groups in total. The summed E-state index contributed by atoms with van der Waals surface area (Å²) in [6.45, 7) is 1.47. The summed E-state index contributed by atoms with van der Waals surface area (Å²) in [7, 11) is 1.64. The molecule has 0 fully saturated rings. The Hall–Kier alpha value is -0.990. The number of carbonyl (C=O) groups excluding carboxylic acids is 1. The van der Waals surface area contributed by atoms with Crippen molar-refractivity contribution in [2.45, 2.75) is 6.92 Å². The second-order valence-electron chi connectivity index (χ2n) is 1.47. The Kier molecular flexibility index (Phi) is 2.69. The van der Waals surface area contributed by atoms with Crippen molar-refractivity contribution in [1.29, 1.82) is 0 Å². The molecule has 0 bridgehead atoms. The Morgan fingerprint density at radius 3 is 2.38 bits per heavy atom. The Morgan fingerprint density at radius 1 is 1.75 bits per heavy atom. The van der Waals surface area contributed by atoms with Crippen molar-refractivity contribution in [3.05, 3.63) is 12.4 Å². The summed E-state index contributed by atoms with van der Waals surface area (Å²) in [4.78, 5) is 11.8. The average Bonchev–Trinajstić information content (AvgIpc) is 1.67. The third-order valence-corrected chi connectivity index (χ3v) is 0.806. The van der Waals surface area contributed by atoms with E-state index < -0.39 is 0 Å². The smallest absolute Gasteiger partial charge is 0.223 e. The first-order valence-electron chi connectivity index (χ1n) is 2.30. The molecule has 0 saturated heterocycles. The largest absolute Gasteiger partial charge is 0.403 e. The van der Waals surface area contributed by atoms with Crippen LogP contribution in [-0.4, -0.2) is 17.9 Å². The van der Waals surface area contributed by atoms with Crippen LogP contribution in [0, 0.1) is 0 Å². The lowest BCUT2D eigenvalue weighted by molar-refractivity contribution is -0.125. The van der Waals surface area contributed by atoms with Crippen LogP contribution in [0.1, 0.15) is 6.92 Å². The van der Waals surface area contributed by atoms with Crippen molar-refractivity contribution in [3.8, 4) is 0 Å². The van der Waals surface area contributed by atoms with Gasteiger partial charge in [0.25, 0.3) is 0 Å². The molecule has 0 atom stereocenters. The fourth-order valence-corrected chi connectivity index (χ4v) is 0.234. The molecule has 0 heterocycles. The van der Waals surface area contributed by atoms with E-state index in [1.165, 1.54) is 24.2 Å². The van der Waals surface area contributed by atoms with E-state index in [9.17, 15) is 4.79 Å². The fraction of sp³-hybridized carbons (Fsp3) is 0.400. The van der Waals surface area contributed by atoms with Gasteiger partial charge in [0.05, 0.1) is 0 Å². The second-order valence-corrected chi connectivity index (χ2v) is 1.47. The van der Waals surface area contributed by atoms with Crippen molar-refractivity contribution < 1.29 is 4.79 Å². The van der Waals surface area contributed by atoms with Gasteiger partial charge in [-0.15, -0.1) is 0 Å². The van der Waals surface area contributed by atoms with E-state index >= 15 is 0 Å². The molecule has 0 aliphatic carbocycles. The van der Waals surface area contributed by atoms with Crippen LogP contribution in [0.25, 0.3) is 0 Å². The van der Waals surface area contributed by atoms with Gasteiger partial charge in [0.15, 0.2) is 0 Å². The van der Waals surface area contributed by atoms with Crippen LogP contribution >= 0.6 is 0 Å². The van der Waals surface area contributed by atoms with E-state index in [0.717, 1.165) is 0 Å². The minimum Gasteiger partial charge on any atom is -0.403 e. The molecule has 0 spiro atoms. The first kappa shape index (κ1) is 7.01. The molecule has 0 radical (unpaired) electrons. The minimum absolute atomic E-state index is 0.0216. The summed E-state index contributed by atoms with van der Waals surface area (Å²) in [6, 6.07) is 0. The predicted octanol–water partition coefficient (Wildman–Crippen LogP) is -0.105. The summed E-state index contributed by atoms with van der Waals surface area (Å²) in [6.07, 6.45) is 2.82. The van der Waals surface area contributed by atoms with Crippen LogP contribution in [0.2, 0.25) is 0 Å². The van der Waals surface area contributed by atoms with Crippen molar-refractivity contribution in [1.82, 2.24) is 4.90 Å². The van der Waals surface area contributed by atoms with Crippen LogP contribution in [0.15, 0.2) is 12.4 Å². The molecule has 0 rings (SSSR count). The summed E-state index contributed by atoms with van der Waals surface area (Å²) < 4.78 is 0. The summed E-state index contributed by atoms with van der Waals surface area (Å²) in [5.74, 6) is -0.0216. The maximum Gasteiger partial charge on any atom is 0.223 e. The number of carbonyl (C=O) groups is 1. The zero-order valence-corrected chi connectivity index (χ0v) is 5.09. The summed E-state index contributed by atoms with van der Waals surface area (Å²) >= 11 is 0. The van der Waals surface area contributed by atoms with Gasteiger partial charge in [-0.1, -0.05) is 0 Å². The van der Waals surface area contributed by atoms with Gasteiger partial charge in [-0.25, -0.2) is 0 Å². The van der Waals surface area contributed by atoms with Gasteiger partial charge >= 0.3 is 0 Å². The van der Waals surface area contributed by atoms with E-state index in [2.05, 4.69) is 0 Å². The number of hydrogen-bond acceptors (Lipinski definition) is 2. The maximum absolute atomic E-state index is 10.4. The standard InChI is InChI=1S/C5H10N2O/c1-5(8)7(2)4-3-6/h3-4H,6H2,1-2H3/b4-3-. The number of hydrogen-bond donors (Lipinski definition) is 1. The van der Waals surface area contributed by atoms with Gasteiger partial charge in [-0.05, 0) is 0 Å². The zero-order valence-electron chi connectivity index (χ0n) is 5.09. The lowest BCUT2D eigenvalue weighted by Crippen LogP contribution is -2.16. The van der Waals surface area contributed by atoms with E-state index in [-0.39, 0.29) is 5.91 Å². The molecule has 0 aliphatic heterocycles. The van der Waals surface area contributed by atoms with Crippen LogP contribution in [0.5, 0.6) is 0 Å². The summed E-state index contributed by atoms with van der Waals surface area (Å²) in [5.41, 5.74) is 4.99. The molecule has 0 saturated carbocycles. The highest BCUT2D eigenvalue weighted by atomic mass is 16.2. The molecule has 0 aromatic carbocycles. The van der Waals surface area contributed by atoms with Crippen LogP contribution < -0.4 is 5.73 Å². The van der Waals surface area contributed by atoms with E-state index in [0.29, 0.717) is 0 Å². The van der Waals surface area contributed by atoms with E-state index in [1.54, 1.807) is 7.05 Å². The highest BCUT2D eigenvalue weighted by molar-refractivity contribution is 5.73. The third-order valence-electron chi connectivity index (χ3n) is 0.806. The fourth-order valence-electron chi connectivity index (χ4n) is 0.234. The molecular weight excluding hydrogens is 104 g/mol. The zero-order chi connectivity index (χ0) is 6.57. The lowest BCUT2D eigenvalue weighted by Gasteiger charge is -2.05. The van der Waals surface area contributed by atoms with Gasteiger partial charge in [0, 0.05) is 26.4 Å². The van der Waals surface area contributed by atoms with Crippen molar-refractivity contribution in [2.24, 2.45) is 5.73 Å². The number of nitrogens with zero attached hydrogens (tertiary/aromatic N) is 1. The molecular formula is C5H10N2O. The predicted molar refractivity (Wildman–Crippen MR) is 31.8 cm³/mol. The topological polar surface area (TPSA) is 46.3 Å². The van der Waals surface area contributed by atoms with Gasteiger partial charge in [0.2, 0.25) is 5.91 Å². The minimum atomic E-state index is -0.0216. The van der Waals surface area contributed by atoms with Gasteiger partial charge < -0.3 is 10.6 Å². The normalized spacial score (nSPS) is 9.75. The first-order valence-corrected chi connectivity index (χ1v) is 2.30. The second kappa shape index (κ2) is 3.07. The van der Waals surface area contributed by atoms with Gasteiger partial charge in [-0.3, -0.25) is 4.79 Å². The molecule has 0 aromatic rings. The third kappa shape index (κ3) is 2.23. The van der Waals surface area contributed by atoms with Crippen LogP contribution in [-0.2, 0) is 4.79 Å². The van der Waals surface area contributed by atoms with Gasteiger partial charge in [0.1, 0.15) is 0 Å². The quantitative estimate of drug-likeness (QED) is 0.517. The van der Waals surface area contributed by atoms with Gasteiger partial charge in [-0.2, -0.15) is 0 Å². The Morgan fingerprint density at radius 2 is 2.25 bits per heavy atom. The SMILES string of the molecule is CC(=O)N(C)/C=C\N. The first-order chi connectivity index (χ1) is 3.68. The lowest BCUT2D eigenvalue weighted by atomic mass is 10.6. The molecule has 3 nitrogen and oxygen atoms in total. The Labute approximate surface area is 48.8 Å². The molecule has 46 valence electrons. The number of amides is 1.